The first kappa shape index (κ1) is 9.07. The number of hydrogen-bond donors (Lipinski definition) is 1. The van der Waals surface area contributed by atoms with Gasteiger partial charge in [-0.05, 0) is 22.0 Å². The van der Waals surface area contributed by atoms with Crippen molar-refractivity contribution < 1.29 is 4.39 Å². The summed E-state index contributed by atoms with van der Waals surface area (Å²) in [7, 11) is 0. The molecule has 0 aliphatic heterocycles. The molecule has 0 aliphatic carbocycles. The highest BCUT2D eigenvalue weighted by Gasteiger charge is 2.08. The molecule has 0 radical (unpaired) electrons. The van der Waals surface area contributed by atoms with E-state index in [2.05, 4.69) is 31.1 Å². The molecule has 0 atom stereocenters. The highest BCUT2D eigenvalue weighted by molar-refractivity contribution is 9.10. The van der Waals surface area contributed by atoms with Crippen LogP contribution in [0.5, 0.6) is 0 Å². The van der Waals surface area contributed by atoms with Gasteiger partial charge in [0.2, 0.25) is 0 Å². The molecule has 0 spiro atoms. The third kappa shape index (κ3) is 1.46. The van der Waals surface area contributed by atoms with Gasteiger partial charge in [0.05, 0.1) is 0 Å². The van der Waals surface area contributed by atoms with Gasteiger partial charge in [0.25, 0.3) is 0 Å². The van der Waals surface area contributed by atoms with Gasteiger partial charge >= 0.3 is 5.69 Å². The maximum Gasteiger partial charge on any atom is 0.349 e. The number of aromatic amines is 1. The summed E-state index contributed by atoms with van der Waals surface area (Å²) in [5.74, 6) is -0.671. The van der Waals surface area contributed by atoms with Crippen LogP contribution in [0.1, 0.15) is 0 Å². The van der Waals surface area contributed by atoms with Crippen molar-refractivity contribution >= 4 is 15.9 Å². The van der Waals surface area contributed by atoms with Gasteiger partial charge in [0.15, 0.2) is 11.6 Å². The summed E-state index contributed by atoms with van der Waals surface area (Å²) in [5, 5.41) is 5.62. The van der Waals surface area contributed by atoms with Crippen molar-refractivity contribution in [2.45, 2.75) is 0 Å². The number of pyridine rings is 1. The largest absolute Gasteiger partial charge is 0.349 e. The monoisotopic (exact) mass is 258 g/mol. The first-order valence-corrected chi connectivity index (χ1v) is 4.41. The Bertz CT molecular complexity index is 520. The Balaban J connectivity index is 2.63. The number of rotatable bonds is 1. The first-order chi connectivity index (χ1) is 6.68. The van der Waals surface area contributed by atoms with Gasteiger partial charge in [-0.2, -0.15) is 5.10 Å². The van der Waals surface area contributed by atoms with Crippen LogP contribution >= 0.6 is 15.9 Å². The summed E-state index contributed by atoms with van der Waals surface area (Å²) in [6.45, 7) is 0. The zero-order chi connectivity index (χ0) is 10.1. The molecule has 2 rings (SSSR count). The number of nitrogens with one attached hydrogen (secondary N) is 1. The Morgan fingerprint density at radius 2 is 2.36 bits per heavy atom. The fourth-order valence-corrected chi connectivity index (χ4v) is 1.29. The average Bonchev–Trinajstić information content (AvgIpc) is 2.52. The lowest BCUT2D eigenvalue weighted by Gasteiger charge is -2.00. The molecule has 0 aliphatic rings. The predicted molar refractivity (Wildman–Crippen MR) is 49.6 cm³/mol. The first-order valence-electron chi connectivity index (χ1n) is 3.62. The number of aromatic nitrogens is 4. The lowest BCUT2D eigenvalue weighted by atomic mass is 10.4. The van der Waals surface area contributed by atoms with E-state index in [0.29, 0.717) is 4.47 Å². The molecule has 72 valence electrons. The highest BCUT2D eigenvalue weighted by Crippen LogP contribution is 2.13. The fourth-order valence-electron chi connectivity index (χ4n) is 0.984. The Morgan fingerprint density at radius 1 is 1.57 bits per heavy atom. The molecule has 2 aromatic rings. The molecule has 0 saturated heterocycles. The van der Waals surface area contributed by atoms with E-state index < -0.39 is 11.5 Å². The third-order valence-corrected chi connectivity index (χ3v) is 2.00. The van der Waals surface area contributed by atoms with Gasteiger partial charge in [-0.25, -0.2) is 23.8 Å². The van der Waals surface area contributed by atoms with Crippen molar-refractivity contribution in [1.29, 1.82) is 0 Å². The minimum Gasteiger partial charge on any atom is -0.246 e. The smallest absolute Gasteiger partial charge is 0.246 e. The van der Waals surface area contributed by atoms with E-state index in [1.165, 1.54) is 18.6 Å². The second kappa shape index (κ2) is 3.33. The summed E-state index contributed by atoms with van der Waals surface area (Å²) in [4.78, 5) is 14.8. The summed E-state index contributed by atoms with van der Waals surface area (Å²) < 4.78 is 14.8. The van der Waals surface area contributed by atoms with Crippen molar-refractivity contribution in [3.05, 3.63) is 39.4 Å². The van der Waals surface area contributed by atoms with Gasteiger partial charge in [0.1, 0.15) is 6.33 Å². The van der Waals surface area contributed by atoms with Gasteiger partial charge in [-0.15, -0.1) is 0 Å². The number of hydrogen-bond acceptors (Lipinski definition) is 3. The summed E-state index contributed by atoms with van der Waals surface area (Å²) in [6, 6.07) is 1.22. The fraction of sp³-hybridized carbons (Fsp3) is 0. The van der Waals surface area contributed by atoms with Crippen LogP contribution in [-0.2, 0) is 0 Å². The highest BCUT2D eigenvalue weighted by atomic mass is 79.9. The van der Waals surface area contributed by atoms with Crippen molar-refractivity contribution in [2.24, 2.45) is 0 Å². The van der Waals surface area contributed by atoms with E-state index >= 15 is 0 Å². The van der Waals surface area contributed by atoms with Crippen molar-refractivity contribution in [2.75, 3.05) is 0 Å². The lowest BCUT2D eigenvalue weighted by molar-refractivity contribution is 0.606. The van der Waals surface area contributed by atoms with Gasteiger partial charge < -0.3 is 0 Å². The Labute approximate surface area is 85.7 Å². The van der Waals surface area contributed by atoms with Crippen LogP contribution in [0, 0.1) is 5.82 Å². The molecular formula is C7H4BrFN4O. The topological polar surface area (TPSA) is 63.6 Å². The summed E-state index contributed by atoms with van der Waals surface area (Å²) in [5.41, 5.74) is -0.529. The van der Waals surface area contributed by atoms with E-state index in [-0.39, 0.29) is 5.82 Å². The van der Waals surface area contributed by atoms with E-state index in [1.54, 1.807) is 0 Å². The maximum absolute atomic E-state index is 13.3. The van der Waals surface area contributed by atoms with Crippen LogP contribution in [0.25, 0.3) is 5.82 Å². The van der Waals surface area contributed by atoms with Crippen LogP contribution in [0.15, 0.2) is 27.9 Å². The van der Waals surface area contributed by atoms with Crippen LogP contribution in [0.3, 0.4) is 0 Å². The second-order valence-corrected chi connectivity index (χ2v) is 3.41. The molecule has 0 unspecified atom stereocenters. The zero-order valence-corrected chi connectivity index (χ0v) is 8.32. The minimum absolute atomic E-state index is 0.0769. The van der Waals surface area contributed by atoms with Crippen LogP contribution in [0.2, 0.25) is 0 Å². The zero-order valence-electron chi connectivity index (χ0n) is 6.74. The van der Waals surface area contributed by atoms with E-state index in [1.807, 2.05) is 0 Å². The molecule has 0 fully saturated rings. The van der Waals surface area contributed by atoms with Gasteiger partial charge in [-0.3, -0.25) is 0 Å². The third-order valence-electron chi connectivity index (χ3n) is 1.57. The summed E-state index contributed by atoms with van der Waals surface area (Å²) >= 11 is 3.06. The van der Waals surface area contributed by atoms with E-state index in [4.69, 9.17) is 0 Å². The molecule has 2 aromatic heterocycles. The molecule has 14 heavy (non-hydrogen) atoms. The number of halogens is 2. The second-order valence-electron chi connectivity index (χ2n) is 2.49. The minimum atomic E-state index is -0.595. The van der Waals surface area contributed by atoms with Gasteiger partial charge in [0, 0.05) is 10.7 Å². The average molecular weight is 259 g/mol. The molecule has 7 heteroatoms. The Morgan fingerprint density at radius 3 is 2.93 bits per heavy atom. The molecular weight excluding hydrogens is 255 g/mol. The number of nitrogens with zero attached hydrogens (tertiary/aromatic N) is 3. The van der Waals surface area contributed by atoms with Crippen LogP contribution < -0.4 is 5.69 Å². The molecule has 0 amide bonds. The predicted octanol–water partition coefficient (Wildman–Crippen LogP) is 0.857. The van der Waals surface area contributed by atoms with Crippen molar-refractivity contribution in [3.63, 3.8) is 0 Å². The van der Waals surface area contributed by atoms with Crippen molar-refractivity contribution in [1.82, 2.24) is 19.7 Å². The standard InChI is InChI=1S/C7H4BrFN4O/c8-4-1-5(9)6(10-2-4)13-3-11-12-7(13)14/h1-3H,(H,12,14). The SMILES string of the molecule is O=c1[nH]ncn1-c1ncc(Br)cc1F. The number of H-pyrrole nitrogens is 1. The van der Waals surface area contributed by atoms with E-state index in [9.17, 15) is 9.18 Å². The van der Waals surface area contributed by atoms with E-state index in [0.717, 1.165) is 4.57 Å². The summed E-state index contributed by atoms with van der Waals surface area (Å²) in [6.07, 6.45) is 2.57. The molecule has 1 N–H and O–H groups in total. The Hall–Kier alpha value is -1.50. The molecule has 2 heterocycles. The van der Waals surface area contributed by atoms with Crippen LogP contribution in [-0.4, -0.2) is 19.7 Å². The molecule has 0 bridgehead atoms. The molecule has 0 aromatic carbocycles. The molecule has 0 saturated carbocycles. The molecule has 5 nitrogen and oxygen atoms in total. The Kier molecular flexibility index (Phi) is 2.16. The normalized spacial score (nSPS) is 10.4. The lowest BCUT2D eigenvalue weighted by Crippen LogP contribution is -2.16. The quantitative estimate of drug-likeness (QED) is 0.825. The van der Waals surface area contributed by atoms with Gasteiger partial charge in [-0.1, -0.05) is 0 Å². The van der Waals surface area contributed by atoms with Crippen molar-refractivity contribution in [3.8, 4) is 5.82 Å². The maximum atomic E-state index is 13.3. The van der Waals surface area contributed by atoms with Crippen LogP contribution in [0.4, 0.5) is 4.39 Å².